The number of aryl methyl sites for hydroxylation is 3. The van der Waals surface area contributed by atoms with Gasteiger partial charge >= 0.3 is 0 Å². The topological polar surface area (TPSA) is 55.1 Å². The van der Waals surface area contributed by atoms with Gasteiger partial charge in [0, 0.05) is 6.42 Å². The van der Waals surface area contributed by atoms with Crippen LogP contribution in [0.25, 0.3) is 0 Å². The fraction of sp³-hybridized carbons (Fsp3) is 0.278. The van der Waals surface area contributed by atoms with Crippen molar-refractivity contribution in [3.8, 4) is 0 Å². The normalized spacial score (nSPS) is 10.4. The average molecular weight is 282 g/mol. The van der Waals surface area contributed by atoms with Gasteiger partial charge in [-0.1, -0.05) is 35.9 Å². The molecule has 2 aromatic rings. The van der Waals surface area contributed by atoms with Crippen LogP contribution in [0.1, 0.15) is 28.7 Å². The minimum Gasteiger partial charge on any atom is -0.397 e. The summed E-state index contributed by atoms with van der Waals surface area (Å²) in [4.78, 5) is 12.1. The van der Waals surface area contributed by atoms with Crippen molar-refractivity contribution in [2.24, 2.45) is 0 Å². The minimum atomic E-state index is -0.00286. The molecule has 1 amide bonds. The van der Waals surface area contributed by atoms with Crippen molar-refractivity contribution in [1.29, 1.82) is 0 Å². The first-order valence-electron chi connectivity index (χ1n) is 7.18. The zero-order valence-corrected chi connectivity index (χ0v) is 12.9. The van der Waals surface area contributed by atoms with Crippen LogP contribution in [0.3, 0.4) is 0 Å². The third-order valence-corrected chi connectivity index (χ3v) is 3.76. The van der Waals surface area contributed by atoms with Crippen LogP contribution in [-0.2, 0) is 11.2 Å². The molecule has 3 nitrogen and oxygen atoms in total. The Morgan fingerprint density at radius 1 is 1.14 bits per heavy atom. The highest BCUT2D eigenvalue weighted by atomic mass is 16.1. The molecule has 0 atom stereocenters. The summed E-state index contributed by atoms with van der Waals surface area (Å²) >= 11 is 0. The summed E-state index contributed by atoms with van der Waals surface area (Å²) in [5.74, 6) is -0.00286. The maximum atomic E-state index is 12.1. The van der Waals surface area contributed by atoms with Gasteiger partial charge in [-0.15, -0.1) is 0 Å². The number of carbonyl (C=O) groups excluding carboxylic acids is 1. The Balaban J connectivity index is 2.01. The number of nitrogens with one attached hydrogen (secondary N) is 1. The van der Waals surface area contributed by atoms with Gasteiger partial charge in [-0.3, -0.25) is 4.79 Å². The molecule has 3 heteroatoms. The number of rotatable bonds is 4. The predicted octanol–water partition coefficient (Wildman–Crippen LogP) is 3.77. The summed E-state index contributed by atoms with van der Waals surface area (Å²) in [6, 6.07) is 12.0. The SMILES string of the molecule is Cc1cccc(CCC(=O)Nc2c(N)ccc(C)c2C)c1. The molecule has 0 heterocycles. The number of amides is 1. The molecule has 0 saturated carbocycles. The van der Waals surface area contributed by atoms with E-state index in [-0.39, 0.29) is 5.91 Å². The zero-order valence-electron chi connectivity index (χ0n) is 12.9. The molecule has 0 unspecified atom stereocenters. The zero-order chi connectivity index (χ0) is 15.4. The van der Waals surface area contributed by atoms with Gasteiger partial charge in [-0.05, 0) is 49.9 Å². The van der Waals surface area contributed by atoms with Crippen LogP contribution >= 0.6 is 0 Å². The third-order valence-electron chi connectivity index (χ3n) is 3.76. The third kappa shape index (κ3) is 3.85. The average Bonchev–Trinajstić information content (AvgIpc) is 2.46. The maximum absolute atomic E-state index is 12.1. The number of anilines is 2. The molecule has 2 aromatic carbocycles. The fourth-order valence-electron chi connectivity index (χ4n) is 2.33. The highest BCUT2D eigenvalue weighted by molar-refractivity contribution is 5.95. The second-order valence-corrected chi connectivity index (χ2v) is 5.51. The van der Waals surface area contributed by atoms with Crippen molar-refractivity contribution in [2.75, 3.05) is 11.1 Å². The van der Waals surface area contributed by atoms with Gasteiger partial charge < -0.3 is 11.1 Å². The second-order valence-electron chi connectivity index (χ2n) is 5.51. The number of carbonyl (C=O) groups is 1. The Hall–Kier alpha value is -2.29. The number of nitrogens with two attached hydrogens (primary N) is 1. The number of nitrogen functional groups attached to an aromatic ring is 1. The summed E-state index contributed by atoms with van der Waals surface area (Å²) in [5, 5.41) is 2.94. The van der Waals surface area contributed by atoms with Crippen LogP contribution in [0.5, 0.6) is 0 Å². The van der Waals surface area contributed by atoms with E-state index in [1.807, 2.05) is 38.1 Å². The van der Waals surface area contributed by atoms with Crippen LogP contribution in [-0.4, -0.2) is 5.91 Å². The maximum Gasteiger partial charge on any atom is 0.224 e. The first kappa shape index (κ1) is 15.1. The van der Waals surface area contributed by atoms with E-state index in [4.69, 9.17) is 5.73 Å². The van der Waals surface area contributed by atoms with Crippen molar-refractivity contribution in [3.05, 3.63) is 58.7 Å². The quantitative estimate of drug-likeness (QED) is 0.839. The largest absolute Gasteiger partial charge is 0.397 e. The van der Waals surface area contributed by atoms with Crippen molar-refractivity contribution < 1.29 is 4.79 Å². The van der Waals surface area contributed by atoms with Crippen LogP contribution in [0, 0.1) is 20.8 Å². The van der Waals surface area contributed by atoms with Crippen LogP contribution in [0.15, 0.2) is 36.4 Å². The van der Waals surface area contributed by atoms with Crippen molar-refractivity contribution >= 4 is 17.3 Å². The van der Waals surface area contributed by atoms with Crippen molar-refractivity contribution in [1.82, 2.24) is 0 Å². The van der Waals surface area contributed by atoms with Gasteiger partial charge in [0.15, 0.2) is 0 Å². The molecule has 0 aliphatic heterocycles. The molecule has 21 heavy (non-hydrogen) atoms. The number of benzene rings is 2. The van der Waals surface area contributed by atoms with Crippen molar-refractivity contribution in [2.45, 2.75) is 33.6 Å². The first-order chi connectivity index (χ1) is 9.97. The summed E-state index contributed by atoms with van der Waals surface area (Å²) in [5.41, 5.74) is 11.8. The molecule has 110 valence electrons. The van der Waals surface area contributed by atoms with Crippen LogP contribution in [0.4, 0.5) is 11.4 Å². The molecule has 0 spiro atoms. The molecular formula is C18H22N2O. The van der Waals surface area contributed by atoms with Crippen LogP contribution in [0.2, 0.25) is 0 Å². The molecule has 3 N–H and O–H groups in total. The smallest absolute Gasteiger partial charge is 0.224 e. The lowest BCUT2D eigenvalue weighted by atomic mass is 10.1. The number of hydrogen-bond acceptors (Lipinski definition) is 2. The Labute approximate surface area is 126 Å². The fourth-order valence-corrected chi connectivity index (χ4v) is 2.33. The van der Waals surface area contributed by atoms with Crippen molar-refractivity contribution in [3.63, 3.8) is 0 Å². The van der Waals surface area contributed by atoms with Gasteiger partial charge in [0.05, 0.1) is 11.4 Å². The van der Waals surface area contributed by atoms with E-state index < -0.39 is 0 Å². The summed E-state index contributed by atoms with van der Waals surface area (Å²) in [6.45, 7) is 6.04. The number of hydrogen-bond donors (Lipinski definition) is 2. The highest BCUT2D eigenvalue weighted by Crippen LogP contribution is 2.26. The lowest BCUT2D eigenvalue weighted by molar-refractivity contribution is -0.116. The van der Waals surface area contributed by atoms with E-state index in [0.29, 0.717) is 12.1 Å². The van der Waals surface area contributed by atoms with E-state index >= 15 is 0 Å². The lowest BCUT2D eigenvalue weighted by Gasteiger charge is -2.13. The molecular weight excluding hydrogens is 260 g/mol. The predicted molar refractivity (Wildman–Crippen MR) is 88.5 cm³/mol. The summed E-state index contributed by atoms with van der Waals surface area (Å²) in [7, 11) is 0. The lowest BCUT2D eigenvalue weighted by Crippen LogP contribution is -2.15. The van der Waals surface area contributed by atoms with Crippen LogP contribution < -0.4 is 11.1 Å². The summed E-state index contributed by atoms with van der Waals surface area (Å²) < 4.78 is 0. The van der Waals surface area contributed by atoms with E-state index in [2.05, 4.69) is 24.4 Å². The highest BCUT2D eigenvalue weighted by Gasteiger charge is 2.09. The van der Waals surface area contributed by atoms with E-state index in [1.165, 1.54) is 11.1 Å². The van der Waals surface area contributed by atoms with E-state index in [0.717, 1.165) is 23.2 Å². The molecule has 0 aliphatic rings. The van der Waals surface area contributed by atoms with E-state index in [1.54, 1.807) is 0 Å². The Bertz CT molecular complexity index is 662. The van der Waals surface area contributed by atoms with Gasteiger partial charge in [-0.2, -0.15) is 0 Å². The molecule has 0 saturated heterocycles. The van der Waals surface area contributed by atoms with E-state index in [9.17, 15) is 4.79 Å². The molecule has 0 bridgehead atoms. The minimum absolute atomic E-state index is 0.00286. The Kier molecular flexibility index (Phi) is 4.63. The molecule has 2 rings (SSSR count). The summed E-state index contributed by atoms with van der Waals surface area (Å²) in [6.07, 6.45) is 1.19. The Morgan fingerprint density at radius 2 is 1.90 bits per heavy atom. The van der Waals surface area contributed by atoms with Gasteiger partial charge in [0.25, 0.3) is 0 Å². The van der Waals surface area contributed by atoms with Gasteiger partial charge in [0.1, 0.15) is 0 Å². The molecule has 0 radical (unpaired) electrons. The second kappa shape index (κ2) is 6.44. The van der Waals surface area contributed by atoms with Gasteiger partial charge in [-0.25, -0.2) is 0 Å². The standard InChI is InChI=1S/C18H22N2O/c1-12-5-4-6-15(11-12)8-10-17(21)20-18-14(3)13(2)7-9-16(18)19/h4-7,9,11H,8,10,19H2,1-3H3,(H,20,21). The first-order valence-corrected chi connectivity index (χ1v) is 7.18. The molecule has 0 aromatic heterocycles. The van der Waals surface area contributed by atoms with Gasteiger partial charge in [0.2, 0.25) is 5.91 Å². The Morgan fingerprint density at radius 3 is 2.62 bits per heavy atom. The molecule has 0 aliphatic carbocycles. The molecule has 0 fully saturated rings. The monoisotopic (exact) mass is 282 g/mol.